The molecule has 1 aliphatic rings. The summed E-state index contributed by atoms with van der Waals surface area (Å²) in [5, 5.41) is 11.8. The topological polar surface area (TPSA) is 36.4 Å². The monoisotopic (exact) mass is 314 g/mol. The number of thioether (sulfide) groups is 1. The molecule has 0 spiro atoms. The van der Waals surface area contributed by atoms with E-state index in [-0.39, 0.29) is 5.92 Å². The molecule has 2 atom stereocenters. The molecule has 0 saturated carbocycles. The highest BCUT2D eigenvalue weighted by Gasteiger charge is 2.43. The lowest BCUT2D eigenvalue weighted by Gasteiger charge is -2.37. The van der Waals surface area contributed by atoms with Crippen molar-refractivity contribution in [3.8, 4) is 0 Å². The number of fused-ring (bicyclic) bond motifs is 1. The fourth-order valence-electron chi connectivity index (χ4n) is 3.29. The van der Waals surface area contributed by atoms with E-state index in [1.807, 2.05) is 36.0 Å². The second kappa shape index (κ2) is 6.41. The van der Waals surface area contributed by atoms with Crippen LogP contribution in [0.15, 0.2) is 53.7 Å². The molecule has 0 fully saturated rings. The van der Waals surface area contributed by atoms with Crippen LogP contribution in [0.4, 0.5) is 0 Å². The van der Waals surface area contributed by atoms with Gasteiger partial charge in [-0.25, -0.2) is 0 Å². The Hall–Kier alpha value is -1.36. The van der Waals surface area contributed by atoms with Gasteiger partial charge in [0, 0.05) is 40.9 Å². The summed E-state index contributed by atoms with van der Waals surface area (Å²) >= 11 is 1.84. The van der Waals surface area contributed by atoms with Crippen molar-refractivity contribution in [2.75, 3.05) is 26.4 Å². The van der Waals surface area contributed by atoms with E-state index < -0.39 is 5.60 Å². The van der Waals surface area contributed by atoms with Crippen LogP contribution in [0.3, 0.4) is 0 Å². The minimum absolute atomic E-state index is 0.142. The normalized spacial score (nSPS) is 24.8. The second-order valence-electron chi connectivity index (χ2n) is 6.10. The minimum Gasteiger partial charge on any atom is -0.380 e. The number of pyridine rings is 1. The summed E-state index contributed by atoms with van der Waals surface area (Å²) in [6.07, 6.45) is 4.53. The Kier molecular flexibility index (Phi) is 4.52. The van der Waals surface area contributed by atoms with Crippen molar-refractivity contribution in [1.29, 1.82) is 0 Å². The molecule has 2 unspecified atom stereocenters. The SMILES string of the molecule is CN(C)CC1CCSc2ccccc2C1(O)c1cccnc1. The van der Waals surface area contributed by atoms with E-state index in [0.717, 1.165) is 29.8 Å². The number of rotatable bonds is 3. The van der Waals surface area contributed by atoms with Gasteiger partial charge in [0.15, 0.2) is 0 Å². The van der Waals surface area contributed by atoms with Crippen LogP contribution in [-0.2, 0) is 5.60 Å². The predicted molar refractivity (Wildman–Crippen MR) is 91.1 cm³/mol. The van der Waals surface area contributed by atoms with E-state index in [1.165, 1.54) is 4.90 Å². The highest BCUT2D eigenvalue weighted by molar-refractivity contribution is 7.99. The molecule has 0 bridgehead atoms. The number of hydrogen-bond acceptors (Lipinski definition) is 4. The van der Waals surface area contributed by atoms with Crippen LogP contribution in [-0.4, -0.2) is 41.4 Å². The molecule has 1 aromatic carbocycles. The Morgan fingerprint density at radius 3 is 2.82 bits per heavy atom. The van der Waals surface area contributed by atoms with E-state index in [0.29, 0.717) is 0 Å². The van der Waals surface area contributed by atoms with Crippen LogP contribution in [0.5, 0.6) is 0 Å². The van der Waals surface area contributed by atoms with Gasteiger partial charge in [0.05, 0.1) is 0 Å². The second-order valence-corrected chi connectivity index (χ2v) is 7.24. The Labute approximate surface area is 136 Å². The van der Waals surface area contributed by atoms with Gasteiger partial charge in [-0.3, -0.25) is 4.98 Å². The standard InChI is InChI=1S/C18H22N2OS/c1-20(2)13-15-9-11-22-17-8-4-3-7-16(17)18(15,21)14-6-5-10-19-12-14/h3-8,10,12,15,21H,9,11,13H2,1-2H3. The molecule has 2 aromatic rings. The molecular formula is C18H22N2OS. The third-order valence-corrected chi connectivity index (χ3v) is 5.41. The summed E-state index contributed by atoms with van der Waals surface area (Å²) in [6.45, 7) is 0.848. The summed E-state index contributed by atoms with van der Waals surface area (Å²) < 4.78 is 0. The number of nitrogens with zero attached hydrogens (tertiary/aromatic N) is 2. The first kappa shape index (κ1) is 15.5. The van der Waals surface area contributed by atoms with Gasteiger partial charge < -0.3 is 10.0 Å². The van der Waals surface area contributed by atoms with Crippen molar-refractivity contribution in [2.24, 2.45) is 5.92 Å². The van der Waals surface area contributed by atoms with Gasteiger partial charge >= 0.3 is 0 Å². The highest BCUT2D eigenvalue weighted by Crippen LogP contribution is 2.46. The fraction of sp³-hybridized carbons (Fsp3) is 0.389. The number of benzene rings is 1. The third-order valence-electron chi connectivity index (χ3n) is 4.30. The van der Waals surface area contributed by atoms with Crippen LogP contribution in [0, 0.1) is 5.92 Å². The molecule has 1 aliphatic heterocycles. The minimum atomic E-state index is -0.987. The molecule has 116 valence electrons. The first-order valence-electron chi connectivity index (χ1n) is 7.62. The quantitative estimate of drug-likeness (QED) is 0.945. The van der Waals surface area contributed by atoms with Gasteiger partial charge in [-0.1, -0.05) is 24.3 Å². The lowest BCUT2D eigenvalue weighted by atomic mass is 9.75. The molecule has 3 nitrogen and oxygen atoms in total. The zero-order valence-corrected chi connectivity index (χ0v) is 13.9. The van der Waals surface area contributed by atoms with Gasteiger partial charge in [-0.2, -0.15) is 0 Å². The van der Waals surface area contributed by atoms with E-state index in [1.54, 1.807) is 12.4 Å². The molecule has 0 amide bonds. The fourth-order valence-corrected chi connectivity index (χ4v) is 4.47. The first-order valence-corrected chi connectivity index (χ1v) is 8.61. The van der Waals surface area contributed by atoms with Gasteiger partial charge in [-0.05, 0) is 38.4 Å². The molecule has 0 radical (unpaired) electrons. The van der Waals surface area contributed by atoms with Crippen molar-refractivity contribution < 1.29 is 5.11 Å². The highest BCUT2D eigenvalue weighted by atomic mass is 32.2. The van der Waals surface area contributed by atoms with Gasteiger partial charge in [0.1, 0.15) is 5.60 Å². The van der Waals surface area contributed by atoms with E-state index in [9.17, 15) is 5.11 Å². The summed E-state index contributed by atoms with van der Waals surface area (Å²) in [5.74, 6) is 1.17. The van der Waals surface area contributed by atoms with E-state index in [4.69, 9.17) is 0 Å². The van der Waals surface area contributed by atoms with Crippen molar-refractivity contribution in [3.05, 3.63) is 59.9 Å². The van der Waals surface area contributed by atoms with Crippen molar-refractivity contribution in [1.82, 2.24) is 9.88 Å². The van der Waals surface area contributed by atoms with Crippen molar-refractivity contribution in [3.63, 3.8) is 0 Å². The maximum absolute atomic E-state index is 11.8. The number of aromatic nitrogens is 1. The van der Waals surface area contributed by atoms with Gasteiger partial charge in [-0.15, -0.1) is 11.8 Å². The maximum Gasteiger partial charge on any atom is 0.121 e. The lowest BCUT2D eigenvalue weighted by Crippen LogP contribution is -2.41. The average Bonchev–Trinajstić information content (AvgIpc) is 2.67. The molecule has 22 heavy (non-hydrogen) atoms. The molecule has 0 aliphatic carbocycles. The molecule has 1 N–H and O–H groups in total. The summed E-state index contributed by atoms with van der Waals surface area (Å²) in [7, 11) is 4.13. The molecular weight excluding hydrogens is 292 g/mol. The number of hydrogen-bond donors (Lipinski definition) is 1. The zero-order chi connectivity index (χ0) is 15.6. The van der Waals surface area contributed by atoms with E-state index >= 15 is 0 Å². The molecule has 3 rings (SSSR count). The van der Waals surface area contributed by atoms with Crippen molar-refractivity contribution >= 4 is 11.8 Å². The van der Waals surface area contributed by atoms with Crippen LogP contribution in [0.1, 0.15) is 17.5 Å². The van der Waals surface area contributed by atoms with Crippen LogP contribution in [0.2, 0.25) is 0 Å². The maximum atomic E-state index is 11.8. The number of aliphatic hydroxyl groups is 1. The zero-order valence-electron chi connectivity index (χ0n) is 13.1. The van der Waals surface area contributed by atoms with Gasteiger partial charge in [0.2, 0.25) is 0 Å². The molecule has 1 aromatic heterocycles. The Balaban J connectivity index is 2.17. The predicted octanol–water partition coefficient (Wildman–Crippen LogP) is 2.99. The third kappa shape index (κ3) is 2.78. The Morgan fingerprint density at radius 2 is 2.09 bits per heavy atom. The van der Waals surface area contributed by atoms with Crippen LogP contribution < -0.4 is 0 Å². The van der Waals surface area contributed by atoms with Crippen LogP contribution >= 0.6 is 11.8 Å². The first-order chi connectivity index (χ1) is 10.6. The molecule has 0 saturated heterocycles. The Morgan fingerprint density at radius 1 is 1.27 bits per heavy atom. The lowest BCUT2D eigenvalue weighted by molar-refractivity contribution is 0.00238. The van der Waals surface area contributed by atoms with Crippen molar-refractivity contribution in [2.45, 2.75) is 16.9 Å². The summed E-state index contributed by atoms with van der Waals surface area (Å²) in [5.41, 5.74) is 0.910. The molecule has 4 heteroatoms. The van der Waals surface area contributed by atoms with E-state index in [2.05, 4.69) is 36.1 Å². The average molecular weight is 314 g/mol. The summed E-state index contributed by atoms with van der Waals surface area (Å²) in [6, 6.07) is 12.1. The largest absolute Gasteiger partial charge is 0.380 e. The van der Waals surface area contributed by atoms with Gasteiger partial charge in [0.25, 0.3) is 0 Å². The molecule has 2 heterocycles. The summed E-state index contributed by atoms with van der Waals surface area (Å²) in [4.78, 5) is 7.58. The smallest absolute Gasteiger partial charge is 0.121 e. The Bertz CT molecular complexity index is 632. The van der Waals surface area contributed by atoms with Crippen LogP contribution in [0.25, 0.3) is 0 Å².